The topological polar surface area (TPSA) is 80.2 Å². The van der Waals surface area contributed by atoms with E-state index in [1.165, 1.54) is 0 Å². The summed E-state index contributed by atoms with van der Waals surface area (Å²) in [6.45, 7) is 0.243. The number of carbonyl (C=O) groups excluding carboxylic acids is 1. The van der Waals surface area contributed by atoms with Gasteiger partial charge in [0.2, 0.25) is 5.90 Å². The number of carbonyl (C=O) groups is 1. The van der Waals surface area contributed by atoms with E-state index in [4.69, 9.17) is 42.8 Å². The molecule has 2 N–H and O–H groups in total. The number of hydrogen-bond acceptors (Lipinski definition) is 5. The maximum absolute atomic E-state index is 14.3. The third-order valence-corrected chi connectivity index (χ3v) is 7.53. The van der Waals surface area contributed by atoms with Crippen molar-refractivity contribution < 1.29 is 28.2 Å². The van der Waals surface area contributed by atoms with Gasteiger partial charge in [0.1, 0.15) is 17.4 Å². The Morgan fingerprint density at radius 1 is 0.953 bits per heavy atom. The number of nitrogens with one attached hydrogen (secondary N) is 1. The number of rotatable bonds is 11. The summed E-state index contributed by atoms with van der Waals surface area (Å²) in [6.07, 6.45) is -0.343. The van der Waals surface area contributed by atoms with E-state index >= 15 is 0 Å². The summed E-state index contributed by atoms with van der Waals surface area (Å²) in [7, 11) is 0. The molecule has 4 aromatic rings. The second-order valence-corrected chi connectivity index (χ2v) is 10.9. The van der Waals surface area contributed by atoms with Crippen LogP contribution in [-0.4, -0.2) is 35.7 Å². The van der Waals surface area contributed by atoms with Crippen molar-refractivity contribution in [1.82, 2.24) is 5.32 Å². The number of aliphatic imine (C=N–C) groups is 1. The molecule has 0 spiro atoms. The van der Waals surface area contributed by atoms with E-state index in [9.17, 15) is 13.6 Å². The van der Waals surface area contributed by atoms with Crippen LogP contribution < -0.4 is 10.1 Å². The van der Waals surface area contributed by atoms with Gasteiger partial charge in [-0.15, -0.1) is 0 Å². The second-order valence-electron chi connectivity index (χ2n) is 10.1. The molecule has 0 saturated heterocycles. The number of ether oxygens (including phenoxy) is 2. The van der Waals surface area contributed by atoms with Crippen molar-refractivity contribution in [3.8, 4) is 5.75 Å². The maximum atomic E-state index is 14.3. The minimum atomic E-state index is -1.56. The van der Waals surface area contributed by atoms with Crippen LogP contribution >= 0.6 is 23.2 Å². The van der Waals surface area contributed by atoms with E-state index < -0.39 is 29.2 Å². The molecular formula is C33H28Cl2F2N2O4. The van der Waals surface area contributed by atoms with Gasteiger partial charge in [-0.2, -0.15) is 0 Å². The predicted molar refractivity (Wildman–Crippen MR) is 162 cm³/mol. The quantitative estimate of drug-likeness (QED) is 0.179. The number of benzene rings is 4. The van der Waals surface area contributed by atoms with Crippen LogP contribution in [0.25, 0.3) is 0 Å². The number of amides is 1. The molecule has 1 heterocycles. The van der Waals surface area contributed by atoms with Crippen molar-refractivity contribution in [3.63, 3.8) is 0 Å². The Kier molecular flexibility index (Phi) is 9.60. The second kappa shape index (κ2) is 13.5. The van der Waals surface area contributed by atoms with Crippen LogP contribution in [0.5, 0.6) is 5.75 Å². The fourth-order valence-electron chi connectivity index (χ4n) is 4.93. The van der Waals surface area contributed by atoms with Gasteiger partial charge < -0.3 is 19.9 Å². The lowest BCUT2D eigenvalue weighted by atomic mass is 9.82. The Hall–Kier alpha value is -3.98. The highest BCUT2D eigenvalue weighted by atomic mass is 35.5. The zero-order chi connectivity index (χ0) is 30.4. The standard InChI is InChI=1S/C33H28Cl2F2N2O4/c34-24-9-12-28(29(35)17-24)30-33(19-21-5-2-1-3-6-21,32(41)38-20-22-15-25(36)18-26(37)16-22)39-31(43-30)23-7-10-27(11-8-23)42-14-4-13-40/h1-3,5-12,15-18,30,40H,4,13-14,19-20H2,(H,38,41)/t30-,33-/m1/s1. The number of nitrogens with zero attached hydrogens (tertiary/aromatic N) is 1. The molecule has 43 heavy (non-hydrogen) atoms. The molecule has 1 aliphatic rings. The van der Waals surface area contributed by atoms with Crippen molar-refractivity contribution in [3.05, 3.63) is 135 Å². The molecule has 1 amide bonds. The van der Waals surface area contributed by atoms with Crippen LogP contribution in [0.1, 0.15) is 34.8 Å². The van der Waals surface area contributed by atoms with Crippen LogP contribution in [0.3, 0.4) is 0 Å². The Morgan fingerprint density at radius 2 is 1.67 bits per heavy atom. The van der Waals surface area contributed by atoms with Crippen molar-refractivity contribution in [1.29, 1.82) is 0 Å². The average Bonchev–Trinajstić information content (AvgIpc) is 3.36. The summed E-state index contributed by atoms with van der Waals surface area (Å²) in [6, 6.07) is 24.4. The Balaban J connectivity index is 1.57. The number of aliphatic hydroxyl groups excluding tert-OH is 1. The van der Waals surface area contributed by atoms with Gasteiger partial charge in [0, 0.05) is 53.2 Å². The van der Waals surface area contributed by atoms with Gasteiger partial charge >= 0.3 is 0 Å². The number of aliphatic hydroxyl groups is 1. The largest absolute Gasteiger partial charge is 0.494 e. The molecule has 0 aliphatic carbocycles. The lowest BCUT2D eigenvalue weighted by Gasteiger charge is -2.31. The highest BCUT2D eigenvalue weighted by molar-refractivity contribution is 6.35. The van der Waals surface area contributed by atoms with Gasteiger partial charge in [-0.05, 0) is 59.7 Å². The molecule has 4 aromatic carbocycles. The van der Waals surface area contributed by atoms with Crippen molar-refractivity contribution >= 4 is 35.0 Å². The molecule has 0 fully saturated rings. The van der Waals surface area contributed by atoms with Crippen LogP contribution in [0.4, 0.5) is 8.78 Å². The Labute approximate surface area is 257 Å². The highest BCUT2D eigenvalue weighted by Gasteiger charge is 2.53. The van der Waals surface area contributed by atoms with Gasteiger partial charge in [0.15, 0.2) is 11.6 Å². The summed E-state index contributed by atoms with van der Waals surface area (Å²) >= 11 is 12.9. The number of halogens is 4. The molecule has 0 unspecified atom stereocenters. The molecule has 0 bridgehead atoms. The number of hydrogen-bond donors (Lipinski definition) is 2. The molecule has 0 saturated carbocycles. The Bertz CT molecular complexity index is 1600. The fraction of sp³-hybridized carbons (Fsp3) is 0.212. The van der Waals surface area contributed by atoms with E-state index in [2.05, 4.69) is 5.32 Å². The minimum Gasteiger partial charge on any atom is -0.494 e. The van der Waals surface area contributed by atoms with E-state index in [0.29, 0.717) is 39.9 Å². The van der Waals surface area contributed by atoms with Crippen molar-refractivity contribution in [2.45, 2.75) is 31.0 Å². The molecule has 222 valence electrons. The molecule has 6 nitrogen and oxygen atoms in total. The fourth-order valence-corrected chi connectivity index (χ4v) is 5.44. The SMILES string of the molecule is O=C(NCc1cc(F)cc(F)c1)[C@]1(Cc2ccccc2)N=C(c2ccc(OCCCO)cc2)O[C@@H]1c1ccc(Cl)cc1Cl. The first-order chi connectivity index (χ1) is 20.8. The molecule has 5 rings (SSSR count). The molecule has 2 atom stereocenters. The van der Waals surface area contributed by atoms with E-state index in [-0.39, 0.29) is 31.0 Å². The summed E-state index contributed by atoms with van der Waals surface area (Å²) in [5.41, 5.74) is 0.597. The molecule has 0 aromatic heterocycles. The normalized spacial score (nSPS) is 17.7. The first-order valence-electron chi connectivity index (χ1n) is 13.6. The zero-order valence-electron chi connectivity index (χ0n) is 22.9. The summed E-state index contributed by atoms with van der Waals surface area (Å²) < 4.78 is 39.9. The van der Waals surface area contributed by atoms with Crippen LogP contribution in [0.2, 0.25) is 10.0 Å². The minimum absolute atomic E-state index is 0.0249. The lowest BCUT2D eigenvalue weighted by Crippen LogP contribution is -2.49. The predicted octanol–water partition coefficient (Wildman–Crippen LogP) is 6.85. The van der Waals surface area contributed by atoms with Crippen LogP contribution in [0.15, 0.2) is 96.0 Å². The van der Waals surface area contributed by atoms with Gasteiger partial charge in [-0.25, -0.2) is 13.8 Å². The van der Waals surface area contributed by atoms with E-state index in [1.807, 2.05) is 30.3 Å². The van der Waals surface area contributed by atoms with E-state index in [0.717, 1.165) is 23.8 Å². The van der Waals surface area contributed by atoms with Gasteiger partial charge in [0.05, 0.1) is 6.61 Å². The Morgan fingerprint density at radius 3 is 2.35 bits per heavy atom. The maximum Gasteiger partial charge on any atom is 0.252 e. The molecule has 10 heteroatoms. The van der Waals surface area contributed by atoms with Crippen molar-refractivity contribution in [2.75, 3.05) is 13.2 Å². The first-order valence-corrected chi connectivity index (χ1v) is 14.4. The first kappa shape index (κ1) is 30.5. The van der Waals surface area contributed by atoms with Crippen molar-refractivity contribution in [2.24, 2.45) is 4.99 Å². The zero-order valence-corrected chi connectivity index (χ0v) is 24.4. The van der Waals surface area contributed by atoms with Crippen LogP contribution in [0, 0.1) is 11.6 Å². The summed E-state index contributed by atoms with van der Waals surface area (Å²) in [5, 5.41) is 12.5. The smallest absolute Gasteiger partial charge is 0.252 e. The lowest BCUT2D eigenvalue weighted by molar-refractivity contribution is -0.129. The third-order valence-electron chi connectivity index (χ3n) is 6.97. The highest BCUT2D eigenvalue weighted by Crippen LogP contribution is 2.45. The molecular weight excluding hydrogens is 597 g/mol. The van der Waals surface area contributed by atoms with Gasteiger partial charge in [-0.1, -0.05) is 59.6 Å². The van der Waals surface area contributed by atoms with E-state index in [1.54, 1.807) is 42.5 Å². The summed E-state index contributed by atoms with van der Waals surface area (Å²) in [4.78, 5) is 19.2. The monoisotopic (exact) mass is 624 g/mol. The summed E-state index contributed by atoms with van der Waals surface area (Å²) in [5.74, 6) is -1.20. The average molecular weight is 625 g/mol. The van der Waals surface area contributed by atoms with Crippen LogP contribution in [-0.2, 0) is 22.5 Å². The molecule has 0 radical (unpaired) electrons. The van der Waals surface area contributed by atoms with Gasteiger partial charge in [-0.3, -0.25) is 4.79 Å². The third kappa shape index (κ3) is 7.16. The van der Waals surface area contributed by atoms with Gasteiger partial charge in [0.25, 0.3) is 5.91 Å². The molecule has 1 aliphatic heterocycles.